The highest BCUT2D eigenvalue weighted by Crippen LogP contribution is 2.14. The second-order valence-electron chi connectivity index (χ2n) is 6.69. The summed E-state index contributed by atoms with van der Waals surface area (Å²) in [5.41, 5.74) is 2.61. The molecule has 0 spiro atoms. The fourth-order valence-electron chi connectivity index (χ4n) is 2.50. The Kier molecular flexibility index (Phi) is 6.28. The van der Waals surface area contributed by atoms with Crippen LogP contribution in [-0.4, -0.2) is 23.6 Å². The second-order valence-corrected chi connectivity index (χ2v) is 6.69. The molecule has 2 aromatic rings. The molecule has 5 nitrogen and oxygen atoms in total. The van der Waals surface area contributed by atoms with Gasteiger partial charge in [0, 0.05) is 16.8 Å². The van der Waals surface area contributed by atoms with Gasteiger partial charge in [-0.2, -0.15) is 0 Å². The quantitative estimate of drug-likeness (QED) is 0.780. The number of Topliss-reactive ketones (excluding diaryl/α,β-unsaturated/α-hetero) is 1. The van der Waals surface area contributed by atoms with Crippen molar-refractivity contribution in [3.8, 4) is 0 Å². The van der Waals surface area contributed by atoms with Crippen LogP contribution in [-0.2, 0) is 4.79 Å². The van der Waals surface area contributed by atoms with Crippen molar-refractivity contribution >= 4 is 23.3 Å². The van der Waals surface area contributed by atoms with Gasteiger partial charge in [0.25, 0.3) is 5.91 Å². The number of anilines is 1. The molecular weight excluding hydrogens is 328 g/mol. The monoisotopic (exact) mass is 352 g/mol. The van der Waals surface area contributed by atoms with Crippen molar-refractivity contribution in [3.63, 3.8) is 0 Å². The molecule has 0 bridgehead atoms. The van der Waals surface area contributed by atoms with Crippen LogP contribution in [0.15, 0.2) is 48.5 Å². The predicted octanol–water partition coefficient (Wildman–Crippen LogP) is 3.59. The van der Waals surface area contributed by atoms with Crippen molar-refractivity contribution in [2.45, 2.75) is 33.7 Å². The van der Waals surface area contributed by atoms with Crippen LogP contribution in [0.3, 0.4) is 0 Å². The van der Waals surface area contributed by atoms with E-state index in [2.05, 4.69) is 10.6 Å². The molecule has 136 valence electrons. The van der Waals surface area contributed by atoms with Crippen LogP contribution >= 0.6 is 0 Å². The van der Waals surface area contributed by atoms with E-state index >= 15 is 0 Å². The van der Waals surface area contributed by atoms with E-state index in [1.807, 2.05) is 32.9 Å². The molecule has 2 rings (SSSR count). The van der Waals surface area contributed by atoms with Gasteiger partial charge in [-0.15, -0.1) is 0 Å². The first-order valence-corrected chi connectivity index (χ1v) is 8.57. The zero-order chi connectivity index (χ0) is 19.3. The van der Waals surface area contributed by atoms with Crippen LogP contribution in [0.4, 0.5) is 5.69 Å². The van der Waals surface area contributed by atoms with Gasteiger partial charge in [-0.25, -0.2) is 0 Å². The first kappa shape index (κ1) is 19.4. The van der Waals surface area contributed by atoms with Gasteiger partial charge in [0.1, 0.15) is 6.04 Å². The minimum atomic E-state index is -0.690. The predicted molar refractivity (Wildman–Crippen MR) is 102 cm³/mol. The van der Waals surface area contributed by atoms with Gasteiger partial charge in [-0.3, -0.25) is 14.4 Å². The van der Waals surface area contributed by atoms with Crippen LogP contribution in [0, 0.1) is 12.8 Å². The van der Waals surface area contributed by atoms with Gasteiger partial charge in [0.15, 0.2) is 5.78 Å². The summed E-state index contributed by atoms with van der Waals surface area (Å²) in [4.78, 5) is 36.6. The minimum absolute atomic E-state index is 0.0748. The Balaban J connectivity index is 2.12. The maximum absolute atomic E-state index is 12.6. The lowest BCUT2D eigenvalue weighted by molar-refractivity contribution is -0.118. The maximum Gasteiger partial charge on any atom is 0.251 e. The number of hydrogen-bond donors (Lipinski definition) is 2. The molecule has 0 fully saturated rings. The number of nitrogens with one attached hydrogen (secondary N) is 2. The Morgan fingerprint density at radius 2 is 1.58 bits per heavy atom. The molecule has 0 aliphatic heterocycles. The largest absolute Gasteiger partial charge is 0.340 e. The molecular formula is C21H24N2O3. The van der Waals surface area contributed by atoms with Gasteiger partial charge >= 0.3 is 0 Å². The molecule has 0 aliphatic rings. The Labute approximate surface area is 153 Å². The average molecular weight is 352 g/mol. The van der Waals surface area contributed by atoms with Crippen LogP contribution in [0.2, 0.25) is 0 Å². The molecule has 2 amide bonds. The van der Waals surface area contributed by atoms with Crippen LogP contribution in [0.1, 0.15) is 47.1 Å². The van der Waals surface area contributed by atoms with Gasteiger partial charge in [-0.05, 0) is 44.0 Å². The molecule has 2 aromatic carbocycles. The van der Waals surface area contributed by atoms with Crippen molar-refractivity contribution in [1.82, 2.24) is 5.32 Å². The van der Waals surface area contributed by atoms with Gasteiger partial charge in [0.2, 0.25) is 5.91 Å². The molecule has 1 atom stereocenters. The Bertz CT molecular complexity index is 810. The minimum Gasteiger partial charge on any atom is -0.340 e. The van der Waals surface area contributed by atoms with E-state index < -0.39 is 6.04 Å². The lowest BCUT2D eigenvalue weighted by Gasteiger charge is -2.22. The van der Waals surface area contributed by atoms with Crippen molar-refractivity contribution in [1.29, 1.82) is 0 Å². The van der Waals surface area contributed by atoms with Crippen molar-refractivity contribution in [3.05, 3.63) is 65.2 Å². The number of benzene rings is 2. The maximum atomic E-state index is 12.6. The van der Waals surface area contributed by atoms with Crippen LogP contribution in [0.5, 0.6) is 0 Å². The van der Waals surface area contributed by atoms with Crippen molar-refractivity contribution in [2.24, 2.45) is 5.92 Å². The molecule has 26 heavy (non-hydrogen) atoms. The third-order valence-electron chi connectivity index (χ3n) is 4.09. The van der Waals surface area contributed by atoms with E-state index in [1.54, 1.807) is 36.4 Å². The van der Waals surface area contributed by atoms with E-state index in [1.165, 1.54) is 6.92 Å². The summed E-state index contributed by atoms with van der Waals surface area (Å²) in [7, 11) is 0. The lowest BCUT2D eigenvalue weighted by Crippen LogP contribution is -2.47. The summed E-state index contributed by atoms with van der Waals surface area (Å²) < 4.78 is 0. The third kappa shape index (κ3) is 5.02. The molecule has 0 saturated heterocycles. The van der Waals surface area contributed by atoms with E-state index in [9.17, 15) is 14.4 Å². The Morgan fingerprint density at radius 1 is 0.923 bits per heavy atom. The lowest BCUT2D eigenvalue weighted by atomic mass is 10.0. The van der Waals surface area contributed by atoms with Crippen molar-refractivity contribution in [2.75, 3.05) is 5.32 Å². The molecule has 0 radical (unpaired) electrons. The number of aryl methyl sites for hydroxylation is 1. The zero-order valence-electron chi connectivity index (χ0n) is 15.5. The fraction of sp³-hybridized carbons (Fsp3) is 0.286. The summed E-state index contributed by atoms with van der Waals surface area (Å²) in [6.45, 7) is 7.15. The summed E-state index contributed by atoms with van der Waals surface area (Å²) >= 11 is 0. The Morgan fingerprint density at radius 3 is 2.15 bits per heavy atom. The number of carbonyl (C=O) groups excluding carboxylic acids is 3. The van der Waals surface area contributed by atoms with Gasteiger partial charge in [-0.1, -0.05) is 43.7 Å². The number of amides is 2. The van der Waals surface area contributed by atoms with E-state index in [0.29, 0.717) is 16.8 Å². The summed E-state index contributed by atoms with van der Waals surface area (Å²) in [5.74, 6) is -0.785. The molecule has 0 heterocycles. The summed E-state index contributed by atoms with van der Waals surface area (Å²) in [6, 6.07) is 13.2. The molecule has 5 heteroatoms. The van der Waals surface area contributed by atoms with E-state index in [4.69, 9.17) is 0 Å². The van der Waals surface area contributed by atoms with E-state index in [0.717, 1.165) is 5.56 Å². The molecule has 1 unspecified atom stereocenters. The highest BCUT2D eigenvalue weighted by atomic mass is 16.2. The highest BCUT2D eigenvalue weighted by Gasteiger charge is 2.25. The first-order valence-electron chi connectivity index (χ1n) is 8.57. The fourth-order valence-corrected chi connectivity index (χ4v) is 2.50. The van der Waals surface area contributed by atoms with Gasteiger partial charge in [0.05, 0.1) is 0 Å². The number of ketones is 1. The zero-order valence-corrected chi connectivity index (χ0v) is 15.5. The van der Waals surface area contributed by atoms with E-state index in [-0.39, 0.29) is 23.5 Å². The molecule has 0 aliphatic carbocycles. The first-order chi connectivity index (χ1) is 12.3. The molecule has 2 N–H and O–H groups in total. The molecule has 0 aromatic heterocycles. The SMILES string of the molecule is CC(=O)c1cccc(NC(=O)C(NC(=O)c2ccc(C)cc2)C(C)C)c1. The number of hydrogen-bond acceptors (Lipinski definition) is 3. The highest BCUT2D eigenvalue weighted by molar-refractivity contribution is 6.02. The number of rotatable bonds is 6. The summed E-state index contributed by atoms with van der Waals surface area (Å²) in [5, 5.41) is 5.57. The smallest absolute Gasteiger partial charge is 0.251 e. The average Bonchev–Trinajstić information content (AvgIpc) is 2.59. The van der Waals surface area contributed by atoms with Crippen LogP contribution in [0.25, 0.3) is 0 Å². The van der Waals surface area contributed by atoms with Gasteiger partial charge < -0.3 is 10.6 Å². The topological polar surface area (TPSA) is 75.3 Å². The Hall–Kier alpha value is -2.95. The van der Waals surface area contributed by atoms with Crippen molar-refractivity contribution < 1.29 is 14.4 Å². The second kappa shape index (κ2) is 8.43. The summed E-state index contributed by atoms with van der Waals surface area (Å²) in [6.07, 6.45) is 0. The third-order valence-corrected chi connectivity index (χ3v) is 4.09. The number of carbonyl (C=O) groups is 3. The standard InChI is InChI=1S/C21H24N2O3/c1-13(2)19(23-20(25)16-10-8-14(3)9-11-16)21(26)22-18-7-5-6-17(12-18)15(4)24/h5-13,19H,1-4H3,(H,22,26)(H,23,25). The normalized spacial score (nSPS) is 11.7. The van der Waals surface area contributed by atoms with Crippen LogP contribution < -0.4 is 10.6 Å². The molecule has 0 saturated carbocycles.